The van der Waals surface area contributed by atoms with Crippen LogP contribution in [0.5, 0.6) is 0 Å². The van der Waals surface area contributed by atoms with Gasteiger partial charge in [-0.2, -0.15) is 0 Å². The van der Waals surface area contributed by atoms with Gasteiger partial charge in [0.1, 0.15) is 0 Å². The van der Waals surface area contributed by atoms with Gasteiger partial charge in [-0.05, 0) is 25.7 Å². The first-order valence-corrected chi connectivity index (χ1v) is 7.21. The number of sulfonamides is 1. The Bertz CT molecular complexity index is 299. The smallest absolute Gasteiger partial charge is 0.217 e. The summed E-state index contributed by atoms with van der Waals surface area (Å²) in [4.78, 5) is 0. The third kappa shape index (κ3) is 3.41. The molecule has 1 unspecified atom stereocenters. The first-order chi connectivity index (χ1) is 7.48. The van der Waals surface area contributed by atoms with Crippen molar-refractivity contribution in [3.05, 3.63) is 0 Å². The summed E-state index contributed by atoms with van der Waals surface area (Å²) in [7, 11) is -1.59. The van der Waals surface area contributed by atoms with Gasteiger partial charge in [0.15, 0.2) is 0 Å². The molecule has 5 nitrogen and oxygen atoms in total. The normalized spacial score (nSPS) is 21.2. The zero-order valence-corrected chi connectivity index (χ0v) is 10.9. The predicted molar refractivity (Wildman–Crippen MR) is 63.6 cm³/mol. The van der Waals surface area contributed by atoms with Gasteiger partial charge in [-0.1, -0.05) is 0 Å². The molecule has 0 aromatic heterocycles. The second kappa shape index (κ2) is 5.95. The Hall–Kier alpha value is -0.170. The molecule has 0 bridgehead atoms. The molecule has 1 saturated heterocycles. The van der Waals surface area contributed by atoms with Crippen LogP contribution in [0.1, 0.15) is 19.8 Å². The summed E-state index contributed by atoms with van der Waals surface area (Å²) in [5.41, 5.74) is 5.40. The lowest BCUT2D eigenvalue weighted by Gasteiger charge is -2.28. The van der Waals surface area contributed by atoms with Crippen LogP contribution >= 0.6 is 0 Å². The molecule has 0 aromatic carbocycles. The van der Waals surface area contributed by atoms with Crippen molar-refractivity contribution in [1.29, 1.82) is 0 Å². The first-order valence-electron chi connectivity index (χ1n) is 5.71. The minimum atomic E-state index is -3.22. The summed E-state index contributed by atoms with van der Waals surface area (Å²) < 4.78 is 30.6. The highest BCUT2D eigenvalue weighted by molar-refractivity contribution is 7.89. The van der Waals surface area contributed by atoms with Crippen molar-refractivity contribution in [3.63, 3.8) is 0 Å². The molecule has 1 fully saturated rings. The lowest BCUT2D eigenvalue weighted by atomic mass is 10.0. The lowest BCUT2D eigenvalue weighted by molar-refractivity contribution is 0.0619. The van der Waals surface area contributed by atoms with E-state index in [0.29, 0.717) is 12.5 Å². The number of nitrogens with zero attached hydrogens (tertiary/aromatic N) is 1. The first kappa shape index (κ1) is 13.9. The Balaban J connectivity index is 2.53. The minimum absolute atomic E-state index is 0.167. The Morgan fingerprint density at radius 3 is 2.50 bits per heavy atom. The molecule has 6 heteroatoms. The molecular weight excluding hydrogens is 228 g/mol. The average Bonchev–Trinajstić information content (AvgIpc) is 2.29. The topological polar surface area (TPSA) is 72.6 Å². The van der Waals surface area contributed by atoms with Crippen molar-refractivity contribution in [2.75, 3.05) is 33.4 Å². The van der Waals surface area contributed by atoms with E-state index in [1.807, 2.05) is 0 Å². The van der Waals surface area contributed by atoms with Crippen LogP contribution in [0.4, 0.5) is 0 Å². The minimum Gasteiger partial charge on any atom is -0.381 e. The molecule has 0 amide bonds. The van der Waals surface area contributed by atoms with E-state index in [1.54, 1.807) is 14.0 Å². The molecular formula is C10H22N2O3S. The fourth-order valence-corrected chi connectivity index (χ4v) is 3.10. The van der Waals surface area contributed by atoms with Gasteiger partial charge in [-0.25, -0.2) is 12.7 Å². The summed E-state index contributed by atoms with van der Waals surface area (Å²) >= 11 is 0. The molecule has 16 heavy (non-hydrogen) atoms. The molecule has 1 rings (SSSR count). The molecule has 2 N–H and O–H groups in total. The molecule has 1 aliphatic rings. The van der Waals surface area contributed by atoms with Gasteiger partial charge < -0.3 is 10.5 Å². The SMILES string of the molecule is CC(CN)S(=O)(=O)N(C)CC1CCOCC1. The van der Waals surface area contributed by atoms with E-state index < -0.39 is 15.3 Å². The van der Waals surface area contributed by atoms with Crippen molar-refractivity contribution < 1.29 is 13.2 Å². The summed E-state index contributed by atoms with van der Waals surface area (Å²) in [5.74, 6) is 0.415. The Morgan fingerprint density at radius 2 is 2.00 bits per heavy atom. The Kier molecular flexibility index (Phi) is 5.17. The third-order valence-corrected chi connectivity index (χ3v) is 5.36. The molecule has 1 aliphatic heterocycles. The van der Waals surface area contributed by atoms with Crippen LogP contribution in [0, 0.1) is 5.92 Å². The molecule has 1 atom stereocenters. The van der Waals surface area contributed by atoms with E-state index in [0.717, 1.165) is 26.1 Å². The van der Waals surface area contributed by atoms with Crippen LogP contribution in [0.3, 0.4) is 0 Å². The summed E-state index contributed by atoms with van der Waals surface area (Å²) in [6.45, 7) is 3.88. The monoisotopic (exact) mass is 250 g/mol. The van der Waals surface area contributed by atoms with Gasteiger partial charge in [-0.15, -0.1) is 0 Å². The highest BCUT2D eigenvalue weighted by Crippen LogP contribution is 2.18. The zero-order chi connectivity index (χ0) is 12.2. The molecule has 96 valence electrons. The van der Waals surface area contributed by atoms with Crippen LogP contribution in [-0.4, -0.2) is 51.3 Å². The molecule has 0 radical (unpaired) electrons. The van der Waals surface area contributed by atoms with Gasteiger partial charge in [0.05, 0.1) is 5.25 Å². The van der Waals surface area contributed by atoms with Crippen LogP contribution in [0.25, 0.3) is 0 Å². The lowest BCUT2D eigenvalue weighted by Crippen LogP contribution is -2.41. The van der Waals surface area contributed by atoms with Crippen LogP contribution in [-0.2, 0) is 14.8 Å². The third-order valence-electron chi connectivity index (χ3n) is 3.13. The Morgan fingerprint density at radius 1 is 1.44 bits per heavy atom. The van der Waals surface area contributed by atoms with Gasteiger partial charge >= 0.3 is 0 Å². The van der Waals surface area contributed by atoms with E-state index >= 15 is 0 Å². The number of hydrogen-bond donors (Lipinski definition) is 1. The van der Waals surface area contributed by atoms with Crippen molar-refractivity contribution in [3.8, 4) is 0 Å². The quantitative estimate of drug-likeness (QED) is 0.746. The van der Waals surface area contributed by atoms with E-state index in [9.17, 15) is 8.42 Å². The Labute approximate surface area is 98.0 Å². The number of ether oxygens (including phenoxy) is 1. The molecule has 0 saturated carbocycles. The summed E-state index contributed by atoms with van der Waals surface area (Å²) in [5, 5.41) is -0.502. The van der Waals surface area contributed by atoms with E-state index in [1.165, 1.54) is 4.31 Å². The fourth-order valence-electron chi connectivity index (χ4n) is 1.83. The molecule has 0 spiro atoms. The number of rotatable bonds is 5. The summed E-state index contributed by atoms with van der Waals surface area (Å²) in [6, 6.07) is 0. The van der Waals surface area contributed by atoms with Crippen LogP contribution < -0.4 is 5.73 Å². The average molecular weight is 250 g/mol. The van der Waals surface area contributed by atoms with Gasteiger partial charge in [0.2, 0.25) is 10.0 Å². The second-order valence-corrected chi connectivity index (χ2v) is 6.89. The van der Waals surface area contributed by atoms with Crippen molar-refractivity contribution >= 4 is 10.0 Å². The van der Waals surface area contributed by atoms with Crippen molar-refractivity contribution in [2.45, 2.75) is 25.0 Å². The van der Waals surface area contributed by atoms with Crippen molar-refractivity contribution in [1.82, 2.24) is 4.31 Å². The van der Waals surface area contributed by atoms with Gasteiger partial charge in [-0.3, -0.25) is 0 Å². The maximum atomic E-state index is 11.9. The van der Waals surface area contributed by atoms with Gasteiger partial charge in [0.25, 0.3) is 0 Å². The summed E-state index contributed by atoms with van der Waals surface area (Å²) in [6.07, 6.45) is 1.88. The molecule has 0 aliphatic carbocycles. The van der Waals surface area contributed by atoms with Gasteiger partial charge in [0, 0.05) is 33.4 Å². The predicted octanol–water partition coefficient (Wildman–Crippen LogP) is 0.0218. The number of hydrogen-bond acceptors (Lipinski definition) is 4. The van der Waals surface area contributed by atoms with E-state index in [-0.39, 0.29) is 6.54 Å². The highest BCUT2D eigenvalue weighted by atomic mass is 32.2. The van der Waals surface area contributed by atoms with Crippen LogP contribution in [0.15, 0.2) is 0 Å². The molecule has 0 aromatic rings. The standard InChI is InChI=1S/C10H22N2O3S/c1-9(7-11)16(13,14)12(2)8-10-3-5-15-6-4-10/h9-10H,3-8,11H2,1-2H3. The van der Waals surface area contributed by atoms with Crippen molar-refractivity contribution in [2.24, 2.45) is 11.7 Å². The fraction of sp³-hybridized carbons (Fsp3) is 1.00. The zero-order valence-electron chi connectivity index (χ0n) is 10.1. The van der Waals surface area contributed by atoms with Crippen LogP contribution in [0.2, 0.25) is 0 Å². The highest BCUT2D eigenvalue weighted by Gasteiger charge is 2.27. The maximum Gasteiger partial charge on any atom is 0.217 e. The van der Waals surface area contributed by atoms with E-state index in [2.05, 4.69) is 0 Å². The van der Waals surface area contributed by atoms with E-state index in [4.69, 9.17) is 10.5 Å². The molecule has 1 heterocycles. The second-order valence-electron chi connectivity index (χ2n) is 4.43. The maximum absolute atomic E-state index is 11.9. The largest absolute Gasteiger partial charge is 0.381 e. The number of nitrogens with two attached hydrogens (primary N) is 1.